The summed E-state index contributed by atoms with van der Waals surface area (Å²) in [4.78, 5) is 56.0. The standard InChI is InChI=1S/C32H38N2O4/c1-17-13-19(31(3,4)5)9-11-21(17)22-12-10-20(14-18(22)2)33-27(35)23-15-25-26(16-24(23)28(33)36)30(38)34(29(25)37)32(6,7)8/h9-14,23-26H,15-16H2,1-8H3. The van der Waals surface area contributed by atoms with Crippen LogP contribution in [0.2, 0.25) is 0 Å². The summed E-state index contributed by atoms with van der Waals surface area (Å²) in [6, 6.07) is 12.2. The van der Waals surface area contributed by atoms with Crippen LogP contribution in [-0.2, 0) is 24.6 Å². The molecule has 0 bridgehead atoms. The topological polar surface area (TPSA) is 74.8 Å². The van der Waals surface area contributed by atoms with Crippen LogP contribution in [-0.4, -0.2) is 34.1 Å². The molecule has 3 aliphatic rings. The molecule has 3 fully saturated rings. The van der Waals surface area contributed by atoms with E-state index in [0.29, 0.717) is 5.69 Å². The van der Waals surface area contributed by atoms with Crippen molar-refractivity contribution in [3.8, 4) is 11.1 Å². The molecule has 0 radical (unpaired) electrons. The van der Waals surface area contributed by atoms with Gasteiger partial charge in [0, 0.05) is 5.54 Å². The van der Waals surface area contributed by atoms with Gasteiger partial charge in [-0.15, -0.1) is 0 Å². The van der Waals surface area contributed by atoms with Crippen LogP contribution in [0.4, 0.5) is 5.69 Å². The van der Waals surface area contributed by atoms with Gasteiger partial charge in [-0.25, -0.2) is 0 Å². The molecular weight excluding hydrogens is 476 g/mol. The van der Waals surface area contributed by atoms with Gasteiger partial charge < -0.3 is 0 Å². The highest BCUT2D eigenvalue weighted by atomic mass is 16.2. The number of amides is 4. The predicted octanol–water partition coefficient (Wildman–Crippen LogP) is 5.57. The second-order valence-corrected chi connectivity index (χ2v) is 13.4. The van der Waals surface area contributed by atoms with Crippen LogP contribution in [0, 0.1) is 37.5 Å². The molecule has 5 rings (SSSR count). The largest absolute Gasteiger partial charge is 0.277 e. The molecule has 0 spiro atoms. The SMILES string of the molecule is Cc1cc(N2C(=O)C3CC4C(=O)N(C(C)(C)C)C(=O)C4CC3C2=O)ccc1-c1ccc(C(C)(C)C)cc1C. The fourth-order valence-electron chi connectivity index (χ4n) is 6.61. The van der Waals surface area contributed by atoms with Crippen molar-refractivity contribution in [2.24, 2.45) is 23.7 Å². The van der Waals surface area contributed by atoms with Gasteiger partial charge in [0.1, 0.15) is 0 Å². The second kappa shape index (κ2) is 8.62. The molecular formula is C32H38N2O4. The van der Waals surface area contributed by atoms with Crippen molar-refractivity contribution in [3.63, 3.8) is 0 Å². The lowest BCUT2D eigenvalue weighted by atomic mass is 9.70. The molecule has 38 heavy (non-hydrogen) atoms. The first-order valence-corrected chi connectivity index (χ1v) is 13.6. The molecule has 6 heteroatoms. The zero-order valence-corrected chi connectivity index (χ0v) is 23.7. The zero-order chi connectivity index (χ0) is 27.9. The van der Waals surface area contributed by atoms with Gasteiger partial charge >= 0.3 is 0 Å². The molecule has 6 nitrogen and oxygen atoms in total. The summed E-state index contributed by atoms with van der Waals surface area (Å²) in [5, 5.41) is 0. The van der Waals surface area contributed by atoms with Crippen LogP contribution >= 0.6 is 0 Å². The van der Waals surface area contributed by atoms with Crippen LogP contribution in [0.3, 0.4) is 0 Å². The Balaban J connectivity index is 1.42. The molecule has 0 N–H and O–H groups in total. The van der Waals surface area contributed by atoms with E-state index in [1.165, 1.54) is 20.9 Å². The Morgan fingerprint density at radius 1 is 0.632 bits per heavy atom. The third kappa shape index (κ3) is 4.00. The van der Waals surface area contributed by atoms with Gasteiger partial charge in [-0.05, 0) is 92.8 Å². The minimum Gasteiger partial charge on any atom is -0.277 e. The monoisotopic (exact) mass is 514 g/mol. The maximum Gasteiger partial charge on any atom is 0.237 e. The molecule has 4 unspecified atom stereocenters. The van der Waals surface area contributed by atoms with Crippen molar-refractivity contribution in [1.29, 1.82) is 0 Å². The quantitative estimate of drug-likeness (QED) is 0.491. The van der Waals surface area contributed by atoms with Crippen molar-refractivity contribution in [3.05, 3.63) is 53.1 Å². The van der Waals surface area contributed by atoms with Crippen molar-refractivity contribution in [2.75, 3.05) is 4.90 Å². The highest BCUT2D eigenvalue weighted by molar-refractivity contribution is 6.23. The molecule has 2 aliphatic heterocycles. The van der Waals surface area contributed by atoms with E-state index in [-0.39, 0.29) is 41.9 Å². The van der Waals surface area contributed by atoms with Crippen molar-refractivity contribution in [1.82, 2.24) is 4.90 Å². The highest BCUT2D eigenvalue weighted by Gasteiger charge is 2.61. The van der Waals surface area contributed by atoms with Gasteiger partial charge in [0.15, 0.2) is 0 Å². The Bertz CT molecular complexity index is 1330. The van der Waals surface area contributed by atoms with E-state index in [1.54, 1.807) is 0 Å². The molecule has 4 atom stereocenters. The summed E-state index contributed by atoms with van der Waals surface area (Å²) in [7, 11) is 0. The number of carbonyl (C=O) groups is 4. The number of hydrogen-bond donors (Lipinski definition) is 0. The van der Waals surface area contributed by atoms with Gasteiger partial charge in [-0.1, -0.05) is 45.0 Å². The van der Waals surface area contributed by atoms with Crippen molar-refractivity contribution in [2.45, 2.75) is 79.2 Å². The van der Waals surface area contributed by atoms with Crippen LogP contribution < -0.4 is 4.90 Å². The van der Waals surface area contributed by atoms with Crippen LogP contribution in [0.25, 0.3) is 11.1 Å². The smallest absolute Gasteiger partial charge is 0.237 e. The first-order valence-electron chi connectivity index (χ1n) is 13.6. The molecule has 200 valence electrons. The van der Waals surface area contributed by atoms with E-state index in [9.17, 15) is 19.2 Å². The predicted molar refractivity (Wildman–Crippen MR) is 147 cm³/mol. The number of imide groups is 2. The first-order chi connectivity index (χ1) is 17.6. The van der Waals surface area contributed by atoms with Crippen LogP contribution in [0.15, 0.2) is 36.4 Å². The molecule has 2 saturated heterocycles. The summed E-state index contributed by atoms with van der Waals surface area (Å²) in [5.74, 6) is -3.11. The molecule has 4 amide bonds. The summed E-state index contributed by atoms with van der Waals surface area (Å²) in [6.45, 7) is 16.2. The molecule has 2 aromatic rings. The van der Waals surface area contributed by atoms with Crippen molar-refractivity contribution < 1.29 is 19.2 Å². The number of hydrogen-bond acceptors (Lipinski definition) is 4. The lowest BCUT2D eigenvalue weighted by molar-refractivity contribution is -0.145. The van der Waals surface area contributed by atoms with E-state index < -0.39 is 29.2 Å². The average Bonchev–Trinajstić information content (AvgIpc) is 3.21. The fraction of sp³-hybridized carbons (Fsp3) is 0.500. The van der Waals surface area contributed by atoms with Crippen LogP contribution in [0.1, 0.15) is 71.1 Å². The normalized spacial score (nSPS) is 25.8. The van der Waals surface area contributed by atoms with E-state index in [0.717, 1.165) is 16.7 Å². The lowest BCUT2D eigenvalue weighted by Gasteiger charge is -2.30. The van der Waals surface area contributed by atoms with Gasteiger partial charge in [0.05, 0.1) is 29.4 Å². The number of benzene rings is 2. The molecule has 1 saturated carbocycles. The molecule has 0 aromatic heterocycles. The van der Waals surface area contributed by atoms with Gasteiger partial charge in [-0.3, -0.25) is 29.0 Å². The number of aryl methyl sites for hydroxylation is 2. The third-order valence-corrected chi connectivity index (χ3v) is 8.66. The Labute approximate surface area is 225 Å². The summed E-state index contributed by atoms with van der Waals surface area (Å²) in [6.07, 6.45) is 0.508. The number of nitrogens with zero attached hydrogens (tertiary/aromatic N) is 2. The first kappa shape index (κ1) is 26.3. The Morgan fingerprint density at radius 3 is 1.50 bits per heavy atom. The Kier molecular flexibility index (Phi) is 5.97. The number of likely N-dealkylation sites (tertiary alicyclic amines) is 1. The average molecular weight is 515 g/mol. The number of anilines is 1. The Hall–Kier alpha value is -3.28. The molecule has 2 heterocycles. The van der Waals surface area contributed by atoms with E-state index in [1.807, 2.05) is 45.9 Å². The number of fused-ring (bicyclic) bond motifs is 2. The molecule has 2 aromatic carbocycles. The zero-order valence-electron chi connectivity index (χ0n) is 23.7. The minimum atomic E-state index is -0.620. The van der Waals surface area contributed by atoms with E-state index in [2.05, 4.69) is 45.9 Å². The summed E-state index contributed by atoms with van der Waals surface area (Å²) >= 11 is 0. The van der Waals surface area contributed by atoms with E-state index in [4.69, 9.17) is 0 Å². The summed E-state index contributed by atoms with van der Waals surface area (Å²) < 4.78 is 0. The van der Waals surface area contributed by atoms with Crippen LogP contribution in [0.5, 0.6) is 0 Å². The maximum atomic E-state index is 13.6. The minimum absolute atomic E-state index is 0.0637. The van der Waals surface area contributed by atoms with Gasteiger partial charge in [0.25, 0.3) is 0 Å². The van der Waals surface area contributed by atoms with E-state index >= 15 is 0 Å². The number of rotatable bonds is 2. The molecule has 1 aliphatic carbocycles. The maximum absolute atomic E-state index is 13.6. The second-order valence-electron chi connectivity index (χ2n) is 13.4. The summed E-state index contributed by atoms with van der Waals surface area (Å²) in [5.41, 5.74) is 5.62. The lowest BCUT2D eigenvalue weighted by Crippen LogP contribution is -2.46. The van der Waals surface area contributed by atoms with Gasteiger partial charge in [-0.2, -0.15) is 0 Å². The highest BCUT2D eigenvalue weighted by Crippen LogP contribution is 2.49. The van der Waals surface area contributed by atoms with Crippen molar-refractivity contribution >= 4 is 29.3 Å². The third-order valence-electron chi connectivity index (χ3n) is 8.66. The van der Waals surface area contributed by atoms with Gasteiger partial charge in [0.2, 0.25) is 23.6 Å². The Morgan fingerprint density at radius 2 is 1.08 bits per heavy atom. The fourth-order valence-corrected chi connectivity index (χ4v) is 6.61. The number of carbonyl (C=O) groups excluding carboxylic acids is 4.